The Balaban J connectivity index is 0.00000280. The minimum Gasteiger partial charge on any atom is -0.497 e. The Kier molecular flexibility index (Phi) is 8.80. The summed E-state index contributed by atoms with van der Waals surface area (Å²) in [5, 5.41) is 6.64. The molecule has 28 heavy (non-hydrogen) atoms. The molecule has 3 aromatic rings. The Morgan fingerprint density at radius 2 is 1.71 bits per heavy atom. The molecule has 0 aliphatic heterocycles. The first-order valence-corrected chi connectivity index (χ1v) is 8.90. The number of aromatic nitrogens is 2. The molecule has 0 bridgehead atoms. The van der Waals surface area contributed by atoms with E-state index in [0.717, 1.165) is 29.6 Å². The molecule has 0 saturated carbocycles. The lowest BCUT2D eigenvalue weighted by Crippen LogP contribution is -2.37. The quantitative estimate of drug-likeness (QED) is 0.302. The molecule has 0 unspecified atom stereocenters. The van der Waals surface area contributed by atoms with Crippen molar-refractivity contribution in [3.05, 3.63) is 83.9 Å². The van der Waals surface area contributed by atoms with E-state index in [2.05, 4.69) is 49.4 Å². The van der Waals surface area contributed by atoms with Crippen LogP contribution >= 0.6 is 24.0 Å². The van der Waals surface area contributed by atoms with Gasteiger partial charge in [-0.3, -0.25) is 4.99 Å². The van der Waals surface area contributed by atoms with Crippen molar-refractivity contribution in [2.24, 2.45) is 4.99 Å². The Morgan fingerprint density at radius 1 is 1.00 bits per heavy atom. The summed E-state index contributed by atoms with van der Waals surface area (Å²) in [6, 6.07) is 18.3. The number of hydrogen-bond donors (Lipinski definition) is 2. The van der Waals surface area contributed by atoms with Gasteiger partial charge in [0.05, 0.1) is 13.7 Å². The molecule has 0 atom stereocenters. The van der Waals surface area contributed by atoms with Crippen molar-refractivity contribution < 1.29 is 4.74 Å². The van der Waals surface area contributed by atoms with Crippen molar-refractivity contribution in [3.63, 3.8) is 0 Å². The first kappa shape index (κ1) is 21.7. The molecule has 0 aliphatic carbocycles. The third-order valence-electron chi connectivity index (χ3n) is 4.25. The van der Waals surface area contributed by atoms with Crippen LogP contribution < -0.4 is 15.4 Å². The zero-order valence-electron chi connectivity index (χ0n) is 16.1. The van der Waals surface area contributed by atoms with E-state index < -0.39 is 0 Å². The minimum absolute atomic E-state index is 0. The van der Waals surface area contributed by atoms with Gasteiger partial charge in [-0.25, -0.2) is 4.98 Å². The molecule has 0 saturated heterocycles. The van der Waals surface area contributed by atoms with Crippen LogP contribution in [0.3, 0.4) is 0 Å². The van der Waals surface area contributed by atoms with Gasteiger partial charge in [0.2, 0.25) is 0 Å². The highest BCUT2D eigenvalue weighted by molar-refractivity contribution is 14.0. The van der Waals surface area contributed by atoms with Crippen molar-refractivity contribution in [1.82, 2.24) is 20.2 Å². The highest BCUT2D eigenvalue weighted by Crippen LogP contribution is 2.11. The number of aliphatic imine (C=N–C) groups is 1. The van der Waals surface area contributed by atoms with Crippen LogP contribution in [0.1, 0.15) is 17.0 Å². The van der Waals surface area contributed by atoms with Gasteiger partial charge in [0, 0.05) is 32.5 Å². The van der Waals surface area contributed by atoms with E-state index in [4.69, 9.17) is 4.74 Å². The average molecular weight is 491 g/mol. The topological polar surface area (TPSA) is 63.5 Å². The van der Waals surface area contributed by atoms with E-state index in [1.165, 1.54) is 5.56 Å². The largest absolute Gasteiger partial charge is 0.497 e. The number of rotatable bonds is 7. The maximum atomic E-state index is 5.18. The first-order chi connectivity index (χ1) is 13.3. The fourth-order valence-electron chi connectivity index (χ4n) is 2.74. The molecule has 3 rings (SSSR count). The van der Waals surface area contributed by atoms with Gasteiger partial charge >= 0.3 is 0 Å². The number of benzene rings is 2. The molecule has 0 fully saturated rings. The van der Waals surface area contributed by atoms with Gasteiger partial charge in [-0.2, -0.15) is 0 Å². The summed E-state index contributed by atoms with van der Waals surface area (Å²) < 4.78 is 7.32. The zero-order chi connectivity index (χ0) is 18.9. The lowest BCUT2D eigenvalue weighted by atomic mass is 10.2. The second kappa shape index (κ2) is 11.3. The molecule has 2 aromatic carbocycles. The zero-order valence-corrected chi connectivity index (χ0v) is 18.5. The predicted octanol–water partition coefficient (Wildman–Crippen LogP) is 3.42. The molecule has 1 aromatic heterocycles. The van der Waals surface area contributed by atoms with Crippen molar-refractivity contribution in [2.75, 3.05) is 14.2 Å². The number of ether oxygens (including phenoxy) is 1. The second-order valence-electron chi connectivity index (χ2n) is 6.08. The summed E-state index contributed by atoms with van der Waals surface area (Å²) >= 11 is 0. The maximum absolute atomic E-state index is 5.18. The van der Waals surface area contributed by atoms with Crippen molar-refractivity contribution in [3.8, 4) is 5.75 Å². The van der Waals surface area contributed by atoms with E-state index in [1.807, 2.05) is 42.7 Å². The number of halogens is 1. The number of hydrogen-bond acceptors (Lipinski definition) is 3. The van der Waals surface area contributed by atoms with Crippen molar-refractivity contribution in [1.29, 1.82) is 0 Å². The summed E-state index contributed by atoms with van der Waals surface area (Å²) in [4.78, 5) is 8.74. The van der Waals surface area contributed by atoms with Gasteiger partial charge in [0.1, 0.15) is 11.6 Å². The number of nitrogens with one attached hydrogen (secondary N) is 2. The SMILES string of the molecule is CN=C(NCc1ccc(OC)cc1)NCc1nccn1Cc1ccccc1.I. The monoisotopic (exact) mass is 491 g/mol. The summed E-state index contributed by atoms with van der Waals surface area (Å²) in [6.07, 6.45) is 3.82. The highest BCUT2D eigenvalue weighted by Gasteiger charge is 2.05. The molecule has 0 amide bonds. The van der Waals surface area contributed by atoms with E-state index in [-0.39, 0.29) is 24.0 Å². The molecule has 0 spiro atoms. The molecule has 2 N–H and O–H groups in total. The molecule has 7 heteroatoms. The lowest BCUT2D eigenvalue weighted by Gasteiger charge is -2.13. The van der Waals surface area contributed by atoms with Crippen LogP contribution in [0.4, 0.5) is 0 Å². The van der Waals surface area contributed by atoms with Crippen LogP contribution in [0.15, 0.2) is 72.0 Å². The van der Waals surface area contributed by atoms with Crippen LogP contribution in [0.25, 0.3) is 0 Å². The molecule has 1 heterocycles. The van der Waals surface area contributed by atoms with Gasteiger partial charge in [-0.05, 0) is 23.3 Å². The summed E-state index contributed by atoms with van der Waals surface area (Å²) in [6.45, 7) is 2.08. The number of nitrogens with zero attached hydrogens (tertiary/aromatic N) is 3. The van der Waals surface area contributed by atoms with Gasteiger partial charge in [-0.15, -0.1) is 24.0 Å². The molecule has 148 valence electrons. The smallest absolute Gasteiger partial charge is 0.191 e. The molecular weight excluding hydrogens is 465 g/mol. The number of imidazole rings is 1. The minimum atomic E-state index is 0. The summed E-state index contributed by atoms with van der Waals surface area (Å²) in [5.74, 6) is 2.55. The molecule has 0 aliphatic rings. The first-order valence-electron chi connectivity index (χ1n) is 8.90. The van der Waals surface area contributed by atoms with Crippen molar-refractivity contribution >= 4 is 29.9 Å². The van der Waals surface area contributed by atoms with Crippen molar-refractivity contribution in [2.45, 2.75) is 19.6 Å². The molecule has 0 radical (unpaired) electrons. The Morgan fingerprint density at radius 3 is 2.39 bits per heavy atom. The second-order valence-corrected chi connectivity index (χ2v) is 6.08. The Bertz CT molecular complexity index is 862. The summed E-state index contributed by atoms with van der Waals surface area (Å²) in [5.41, 5.74) is 2.41. The molecule has 6 nitrogen and oxygen atoms in total. The van der Waals surface area contributed by atoms with Crippen LogP contribution in [0.5, 0.6) is 5.75 Å². The highest BCUT2D eigenvalue weighted by atomic mass is 127. The maximum Gasteiger partial charge on any atom is 0.191 e. The van der Waals surface area contributed by atoms with E-state index in [1.54, 1.807) is 14.2 Å². The normalized spacial score (nSPS) is 10.9. The van der Waals surface area contributed by atoms with Crippen LogP contribution in [-0.4, -0.2) is 29.7 Å². The third-order valence-corrected chi connectivity index (χ3v) is 4.25. The van der Waals surface area contributed by atoms with E-state index >= 15 is 0 Å². The lowest BCUT2D eigenvalue weighted by molar-refractivity contribution is 0.414. The van der Waals surface area contributed by atoms with Gasteiger partial charge in [-0.1, -0.05) is 42.5 Å². The third kappa shape index (κ3) is 6.26. The van der Waals surface area contributed by atoms with E-state index in [0.29, 0.717) is 13.1 Å². The molecular formula is C21H26IN5O. The average Bonchev–Trinajstić information content (AvgIpc) is 3.16. The fourth-order valence-corrected chi connectivity index (χ4v) is 2.74. The predicted molar refractivity (Wildman–Crippen MR) is 123 cm³/mol. The van der Waals surface area contributed by atoms with Gasteiger partial charge in [0.15, 0.2) is 5.96 Å². The van der Waals surface area contributed by atoms with Crippen LogP contribution in [0, 0.1) is 0 Å². The number of guanidine groups is 1. The Labute approximate surface area is 183 Å². The standard InChI is InChI=1S/C21H25N5O.HI/c1-22-21(24-14-17-8-10-19(27-2)11-9-17)25-15-20-23-12-13-26(20)16-18-6-4-3-5-7-18;/h3-13H,14-16H2,1-2H3,(H2,22,24,25);1H. The van der Waals surface area contributed by atoms with E-state index in [9.17, 15) is 0 Å². The van der Waals surface area contributed by atoms with Crippen LogP contribution in [-0.2, 0) is 19.6 Å². The fraction of sp³-hybridized carbons (Fsp3) is 0.238. The van der Waals surface area contributed by atoms with Crippen LogP contribution in [0.2, 0.25) is 0 Å². The van der Waals surface area contributed by atoms with Gasteiger partial charge < -0.3 is 19.9 Å². The Hall–Kier alpha value is -2.55. The van der Waals surface area contributed by atoms with Gasteiger partial charge in [0.25, 0.3) is 0 Å². The summed E-state index contributed by atoms with van der Waals surface area (Å²) in [7, 11) is 3.43. The number of methoxy groups -OCH3 is 1.